The summed E-state index contributed by atoms with van der Waals surface area (Å²) in [7, 11) is 3.68. The Morgan fingerprint density at radius 1 is 1.53 bits per heavy atom. The highest BCUT2D eigenvalue weighted by Crippen LogP contribution is 2.32. The van der Waals surface area contributed by atoms with Crippen LogP contribution in [0.15, 0.2) is 23.1 Å². The lowest BCUT2D eigenvalue weighted by atomic mass is 10.2. The van der Waals surface area contributed by atoms with Crippen molar-refractivity contribution in [1.82, 2.24) is 4.90 Å². The Balaban J connectivity index is 2.10. The molecule has 1 heterocycles. The second-order valence-corrected chi connectivity index (χ2v) is 5.12. The van der Waals surface area contributed by atoms with Crippen molar-refractivity contribution in [3.63, 3.8) is 0 Å². The molecule has 1 aliphatic rings. The van der Waals surface area contributed by atoms with Crippen LogP contribution in [0.1, 0.15) is 5.56 Å². The van der Waals surface area contributed by atoms with Crippen LogP contribution in [0.5, 0.6) is 0 Å². The number of amides is 1. The maximum Gasteiger partial charge on any atom is 0.234 e. The summed E-state index contributed by atoms with van der Waals surface area (Å²) in [5.74, 6) is 0.584. The minimum absolute atomic E-state index is 0.0740. The lowest BCUT2D eigenvalue weighted by molar-refractivity contribution is -0.113. The van der Waals surface area contributed by atoms with Gasteiger partial charge in [-0.15, -0.1) is 11.8 Å². The van der Waals surface area contributed by atoms with Crippen LogP contribution in [0.2, 0.25) is 0 Å². The summed E-state index contributed by atoms with van der Waals surface area (Å²) < 4.78 is 5.06. The molecule has 17 heavy (non-hydrogen) atoms. The van der Waals surface area contributed by atoms with E-state index < -0.39 is 0 Å². The van der Waals surface area contributed by atoms with Gasteiger partial charge in [-0.2, -0.15) is 0 Å². The van der Waals surface area contributed by atoms with E-state index in [0.717, 1.165) is 17.1 Å². The van der Waals surface area contributed by atoms with E-state index >= 15 is 0 Å². The molecule has 0 saturated carbocycles. The first kappa shape index (κ1) is 12.4. The van der Waals surface area contributed by atoms with Crippen LogP contribution in [0.4, 0.5) is 5.69 Å². The fraction of sp³-hybridized carbons (Fsp3) is 0.417. The highest BCUT2D eigenvalue weighted by atomic mass is 32.2. The molecule has 0 saturated heterocycles. The van der Waals surface area contributed by atoms with Crippen LogP contribution in [0, 0.1) is 0 Å². The fourth-order valence-corrected chi connectivity index (χ4v) is 2.59. The number of carbonyl (C=O) groups is 1. The summed E-state index contributed by atoms with van der Waals surface area (Å²) in [6.07, 6.45) is 0. The van der Waals surface area contributed by atoms with E-state index in [9.17, 15) is 4.79 Å². The van der Waals surface area contributed by atoms with Crippen molar-refractivity contribution in [1.29, 1.82) is 0 Å². The lowest BCUT2D eigenvalue weighted by Crippen LogP contribution is -2.21. The van der Waals surface area contributed by atoms with Gasteiger partial charge in [0.05, 0.1) is 18.2 Å². The van der Waals surface area contributed by atoms with E-state index in [0.29, 0.717) is 12.5 Å². The number of methoxy groups -OCH3 is 1. The molecule has 1 aromatic rings. The van der Waals surface area contributed by atoms with Crippen molar-refractivity contribution in [2.24, 2.45) is 0 Å². The standard InChI is InChI=1S/C12H16N2O2S/c1-14(8-16-2)6-9-3-4-11-10(5-9)13-12(15)7-17-11/h3-5H,6-8H2,1-2H3,(H,13,15). The molecule has 0 fully saturated rings. The summed E-state index contributed by atoms with van der Waals surface area (Å²) in [5.41, 5.74) is 2.10. The number of hydrogen-bond donors (Lipinski definition) is 1. The molecule has 92 valence electrons. The molecule has 4 nitrogen and oxygen atoms in total. The van der Waals surface area contributed by atoms with Gasteiger partial charge >= 0.3 is 0 Å². The molecular formula is C12H16N2O2S. The molecule has 0 spiro atoms. The molecule has 0 aliphatic carbocycles. The van der Waals surface area contributed by atoms with Gasteiger partial charge in [-0.25, -0.2) is 0 Å². The van der Waals surface area contributed by atoms with E-state index in [1.807, 2.05) is 13.1 Å². The number of ether oxygens (including phenoxy) is 1. The number of fused-ring (bicyclic) bond motifs is 1. The predicted octanol–water partition coefficient (Wildman–Crippen LogP) is 1.77. The smallest absolute Gasteiger partial charge is 0.234 e. The normalized spacial score (nSPS) is 14.6. The Kier molecular flexibility index (Phi) is 4.04. The number of nitrogens with zero attached hydrogens (tertiary/aromatic N) is 1. The highest BCUT2D eigenvalue weighted by molar-refractivity contribution is 8.00. The van der Waals surface area contributed by atoms with Gasteiger partial charge in [-0.3, -0.25) is 9.69 Å². The zero-order valence-electron chi connectivity index (χ0n) is 10.0. The van der Waals surface area contributed by atoms with Crippen molar-refractivity contribution < 1.29 is 9.53 Å². The topological polar surface area (TPSA) is 41.6 Å². The number of thioether (sulfide) groups is 1. The van der Waals surface area contributed by atoms with E-state index in [-0.39, 0.29) is 5.91 Å². The second-order valence-electron chi connectivity index (χ2n) is 4.10. The number of hydrogen-bond acceptors (Lipinski definition) is 4. The Morgan fingerprint density at radius 3 is 3.12 bits per heavy atom. The molecular weight excluding hydrogens is 236 g/mol. The van der Waals surface area contributed by atoms with Crippen LogP contribution in [0.25, 0.3) is 0 Å². The van der Waals surface area contributed by atoms with Gasteiger partial charge in [-0.1, -0.05) is 6.07 Å². The third-order valence-electron chi connectivity index (χ3n) is 2.48. The average molecular weight is 252 g/mol. The van der Waals surface area contributed by atoms with Crippen molar-refractivity contribution in [3.8, 4) is 0 Å². The molecule has 0 bridgehead atoms. The Morgan fingerprint density at radius 2 is 2.35 bits per heavy atom. The summed E-state index contributed by atoms with van der Waals surface area (Å²) in [6, 6.07) is 6.19. The van der Waals surface area contributed by atoms with Crippen LogP contribution >= 0.6 is 11.8 Å². The van der Waals surface area contributed by atoms with Gasteiger partial charge < -0.3 is 10.1 Å². The summed E-state index contributed by atoms with van der Waals surface area (Å²) in [6.45, 7) is 1.40. The number of anilines is 1. The third kappa shape index (κ3) is 3.21. The maximum atomic E-state index is 11.3. The van der Waals surface area contributed by atoms with Crippen molar-refractivity contribution >= 4 is 23.4 Å². The highest BCUT2D eigenvalue weighted by Gasteiger charge is 2.15. The zero-order valence-corrected chi connectivity index (χ0v) is 10.8. The minimum atomic E-state index is 0.0740. The van der Waals surface area contributed by atoms with Gasteiger partial charge in [0, 0.05) is 18.6 Å². The number of benzene rings is 1. The quantitative estimate of drug-likeness (QED) is 0.829. The van der Waals surface area contributed by atoms with Crippen LogP contribution in [-0.2, 0) is 16.1 Å². The lowest BCUT2D eigenvalue weighted by Gasteiger charge is -2.19. The van der Waals surface area contributed by atoms with E-state index in [4.69, 9.17) is 4.74 Å². The predicted molar refractivity (Wildman–Crippen MR) is 69.1 cm³/mol. The Labute approximate surface area is 105 Å². The fourth-order valence-electron chi connectivity index (χ4n) is 1.81. The van der Waals surface area contributed by atoms with Crippen molar-refractivity contribution in [2.75, 3.05) is 32.0 Å². The van der Waals surface area contributed by atoms with E-state index in [1.54, 1.807) is 18.9 Å². The first-order chi connectivity index (χ1) is 8.19. The van der Waals surface area contributed by atoms with Crippen molar-refractivity contribution in [2.45, 2.75) is 11.4 Å². The number of carbonyl (C=O) groups excluding carboxylic acids is 1. The minimum Gasteiger partial charge on any atom is -0.369 e. The first-order valence-corrected chi connectivity index (χ1v) is 6.40. The zero-order chi connectivity index (χ0) is 12.3. The summed E-state index contributed by atoms with van der Waals surface area (Å²) in [4.78, 5) is 14.5. The SMILES string of the molecule is COCN(C)Cc1ccc2c(c1)NC(=O)CS2. The van der Waals surface area contributed by atoms with Crippen molar-refractivity contribution in [3.05, 3.63) is 23.8 Å². The number of nitrogens with one attached hydrogen (secondary N) is 1. The van der Waals surface area contributed by atoms with Gasteiger partial charge in [0.25, 0.3) is 0 Å². The first-order valence-electron chi connectivity index (χ1n) is 5.42. The van der Waals surface area contributed by atoms with Gasteiger partial charge in [-0.05, 0) is 24.7 Å². The van der Waals surface area contributed by atoms with E-state index in [2.05, 4.69) is 22.3 Å². The molecule has 0 radical (unpaired) electrons. The molecule has 1 aliphatic heterocycles. The van der Waals surface area contributed by atoms with Crippen LogP contribution in [-0.4, -0.2) is 37.4 Å². The summed E-state index contributed by atoms with van der Waals surface area (Å²) in [5, 5.41) is 2.90. The molecule has 1 amide bonds. The van der Waals surface area contributed by atoms with Crippen LogP contribution in [0.3, 0.4) is 0 Å². The second kappa shape index (κ2) is 5.53. The summed E-state index contributed by atoms with van der Waals surface area (Å²) >= 11 is 1.58. The molecule has 0 unspecified atom stereocenters. The Bertz CT molecular complexity index is 423. The molecule has 0 atom stereocenters. The van der Waals surface area contributed by atoms with Gasteiger partial charge in [0.15, 0.2) is 0 Å². The maximum absolute atomic E-state index is 11.3. The van der Waals surface area contributed by atoms with E-state index in [1.165, 1.54) is 5.56 Å². The molecule has 1 N–H and O–H groups in total. The van der Waals surface area contributed by atoms with Gasteiger partial charge in [0.2, 0.25) is 5.91 Å². The molecule has 5 heteroatoms. The largest absolute Gasteiger partial charge is 0.369 e. The van der Waals surface area contributed by atoms with Crippen LogP contribution < -0.4 is 5.32 Å². The monoisotopic (exact) mass is 252 g/mol. The number of rotatable bonds is 4. The molecule has 2 rings (SSSR count). The molecule has 0 aromatic heterocycles. The third-order valence-corrected chi connectivity index (χ3v) is 3.55. The molecule has 1 aromatic carbocycles. The van der Waals surface area contributed by atoms with Gasteiger partial charge in [0.1, 0.15) is 0 Å². The average Bonchev–Trinajstić information content (AvgIpc) is 2.28. The Hall–Kier alpha value is -1.04.